The Kier molecular flexibility index (Phi) is 4.68. The molecular formula is C15H19FN2O. The molecule has 1 aromatic carbocycles. The molecule has 4 heteroatoms. The summed E-state index contributed by atoms with van der Waals surface area (Å²) in [6.45, 7) is 4.29. The van der Waals surface area contributed by atoms with Gasteiger partial charge in [-0.2, -0.15) is 0 Å². The van der Waals surface area contributed by atoms with Gasteiger partial charge in [0.25, 0.3) is 5.91 Å². The number of hydrogen-bond donors (Lipinski definition) is 2. The smallest absolute Gasteiger partial charge is 0.254 e. The Morgan fingerprint density at radius 1 is 1.47 bits per heavy atom. The minimum Gasteiger partial charge on any atom is -0.352 e. The van der Waals surface area contributed by atoms with E-state index in [1.54, 1.807) is 12.1 Å². The Hall–Kier alpha value is -1.68. The highest BCUT2D eigenvalue weighted by molar-refractivity contribution is 5.94. The van der Waals surface area contributed by atoms with Crippen LogP contribution >= 0.6 is 0 Å². The molecule has 0 aliphatic carbocycles. The van der Waals surface area contributed by atoms with Gasteiger partial charge < -0.3 is 10.6 Å². The molecule has 1 heterocycles. The third-order valence-corrected chi connectivity index (χ3v) is 3.26. The number of amides is 1. The largest absolute Gasteiger partial charge is 0.352 e. The van der Waals surface area contributed by atoms with Crippen molar-refractivity contribution in [3.8, 4) is 0 Å². The fourth-order valence-corrected chi connectivity index (χ4v) is 2.14. The van der Waals surface area contributed by atoms with Crippen molar-refractivity contribution >= 4 is 5.91 Å². The van der Waals surface area contributed by atoms with Crippen LogP contribution in [0, 0.1) is 12.7 Å². The lowest BCUT2D eigenvalue weighted by Gasteiger charge is -2.14. The molecule has 0 saturated carbocycles. The Balaban J connectivity index is 1.87. The van der Waals surface area contributed by atoms with Crippen molar-refractivity contribution < 1.29 is 9.18 Å². The zero-order valence-electron chi connectivity index (χ0n) is 11.1. The standard InChI is InChI=1S/C15H19FN2O/c1-11-2-3-14(16)13(10-11)15(19)18-9-6-12-4-7-17-8-5-12/h2-4,10,17H,5-9H2,1H3,(H,18,19). The van der Waals surface area contributed by atoms with Crippen molar-refractivity contribution in [1.29, 1.82) is 0 Å². The summed E-state index contributed by atoms with van der Waals surface area (Å²) in [6, 6.07) is 4.57. The Morgan fingerprint density at radius 2 is 2.32 bits per heavy atom. The fourth-order valence-electron chi connectivity index (χ4n) is 2.14. The van der Waals surface area contributed by atoms with E-state index in [1.807, 2.05) is 6.92 Å². The molecule has 19 heavy (non-hydrogen) atoms. The second-order valence-electron chi connectivity index (χ2n) is 4.81. The first kappa shape index (κ1) is 13.7. The monoisotopic (exact) mass is 262 g/mol. The van der Waals surface area contributed by atoms with Crippen LogP contribution < -0.4 is 10.6 Å². The summed E-state index contributed by atoms with van der Waals surface area (Å²) in [5.74, 6) is -0.806. The van der Waals surface area contributed by atoms with Crippen molar-refractivity contribution in [3.05, 3.63) is 46.8 Å². The predicted molar refractivity (Wildman–Crippen MR) is 73.7 cm³/mol. The molecule has 1 aliphatic heterocycles. The minimum absolute atomic E-state index is 0.124. The lowest BCUT2D eigenvalue weighted by molar-refractivity contribution is 0.0950. The zero-order valence-corrected chi connectivity index (χ0v) is 11.1. The molecular weight excluding hydrogens is 243 g/mol. The molecule has 1 aromatic rings. The Labute approximate surface area is 112 Å². The van der Waals surface area contributed by atoms with E-state index in [9.17, 15) is 9.18 Å². The number of nitrogens with one attached hydrogen (secondary N) is 2. The molecule has 2 N–H and O–H groups in total. The quantitative estimate of drug-likeness (QED) is 0.817. The summed E-state index contributed by atoms with van der Waals surface area (Å²) in [7, 11) is 0. The fraction of sp³-hybridized carbons (Fsp3) is 0.400. The van der Waals surface area contributed by atoms with Crippen LogP contribution in [0.1, 0.15) is 28.8 Å². The maximum atomic E-state index is 13.5. The third-order valence-electron chi connectivity index (χ3n) is 3.26. The molecule has 0 fully saturated rings. The molecule has 0 saturated heterocycles. The molecule has 1 aliphatic rings. The number of carbonyl (C=O) groups is 1. The van der Waals surface area contributed by atoms with Gasteiger partial charge >= 0.3 is 0 Å². The van der Waals surface area contributed by atoms with E-state index >= 15 is 0 Å². The van der Waals surface area contributed by atoms with Gasteiger partial charge in [-0.3, -0.25) is 4.79 Å². The van der Waals surface area contributed by atoms with Gasteiger partial charge in [0, 0.05) is 13.1 Å². The van der Waals surface area contributed by atoms with Crippen molar-refractivity contribution in [1.82, 2.24) is 10.6 Å². The van der Waals surface area contributed by atoms with Gasteiger partial charge in [-0.05, 0) is 38.4 Å². The first-order valence-corrected chi connectivity index (χ1v) is 6.60. The van der Waals surface area contributed by atoms with E-state index in [2.05, 4.69) is 16.7 Å². The summed E-state index contributed by atoms with van der Waals surface area (Å²) < 4.78 is 13.5. The van der Waals surface area contributed by atoms with Crippen LogP contribution in [0.2, 0.25) is 0 Å². The average molecular weight is 262 g/mol. The molecule has 3 nitrogen and oxygen atoms in total. The Morgan fingerprint density at radius 3 is 3.05 bits per heavy atom. The van der Waals surface area contributed by atoms with E-state index in [0.29, 0.717) is 6.54 Å². The van der Waals surface area contributed by atoms with Crippen molar-refractivity contribution in [3.63, 3.8) is 0 Å². The maximum absolute atomic E-state index is 13.5. The topological polar surface area (TPSA) is 41.1 Å². The lowest BCUT2D eigenvalue weighted by atomic mass is 10.1. The first-order valence-electron chi connectivity index (χ1n) is 6.60. The summed E-state index contributed by atoms with van der Waals surface area (Å²) in [4.78, 5) is 11.9. The normalized spacial score (nSPS) is 14.9. The van der Waals surface area contributed by atoms with E-state index in [-0.39, 0.29) is 11.5 Å². The van der Waals surface area contributed by atoms with Crippen LogP contribution in [0.15, 0.2) is 29.8 Å². The summed E-state index contributed by atoms with van der Waals surface area (Å²) in [5, 5.41) is 6.01. The minimum atomic E-state index is -0.468. The average Bonchev–Trinajstić information content (AvgIpc) is 2.42. The summed E-state index contributed by atoms with van der Waals surface area (Å²) in [6.07, 6.45) is 4.01. The predicted octanol–water partition coefficient (Wildman–Crippen LogP) is 2.17. The summed E-state index contributed by atoms with van der Waals surface area (Å²) >= 11 is 0. The van der Waals surface area contributed by atoms with E-state index in [4.69, 9.17) is 0 Å². The van der Waals surface area contributed by atoms with Gasteiger partial charge in [0.1, 0.15) is 5.82 Å². The van der Waals surface area contributed by atoms with Crippen molar-refractivity contribution in [2.75, 3.05) is 19.6 Å². The summed E-state index contributed by atoms with van der Waals surface area (Å²) in [5.41, 5.74) is 2.36. The molecule has 2 rings (SSSR count). The SMILES string of the molecule is Cc1ccc(F)c(C(=O)NCCC2=CCNCC2)c1. The molecule has 0 radical (unpaired) electrons. The number of carbonyl (C=O) groups excluding carboxylic acids is 1. The van der Waals surface area contributed by atoms with Gasteiger partial charge in [-0.25, -0.2) is 4.39 Å². The highest BCUT2D eigenvalue weighted by Gasteiger charge is 2.11. The molecule has 0 unspecified atom stereocenters. The molecule has 0 atom stereocenters. The van der Waals surface area contributed by atoms with Crippen molar-refractivity contribution in [2.45, 2.75) is 19.8 Å². The first-order chi connectivity index (χ1) is 9.16. The molecule has 0 spiro atoms. The molecule has 1 amide bonds. The highest BCUT2D eigenvalue weighted by atomic mass is 19.1. The van der Waals surface area contributed by atoms with Crippen LogP contribution in [0.4, 0.5) is 4.39 Å². The van der Waals surface area contributed by atoms with E-state index < -0.39 is 5.82 Å². The zero-order chi connectivity index (χ0) is 13.7. The van der Waals surface area contributed by atoms with Gasteiger partial charge in [-0.1, -0.05) is 23.3 Å². The van der Waals surface area contributed by atoms with Crippen LogP contribution in [-0.4, -0.2) is 25.5 Å². The van der Waals surface area contributed by atoms with Gasteiger partial charge in [0.05, 0.1) is 5.56 Å². The number of aryl methyl sites for hydroxylation is 1. The number of rotatable bonds is 4. The van der Waals surface area contributed by atoms with Crippen LogP contribution in [0.5, 0.6) is 0 Å². The highest BCUT2D eigenvalue weighted by Crippen LogP contribution is 2.11. The van der Waals surface area contributed by atoms with Crippen LogP contribution in [0.25, 0.3) is 0 Å². The third kappa shape index (κ3) is 3.89. The van der Waals surface area contributed by atoms with E-state index in [0.717, 1.165) is 31.5 Å². The van der Waals surface area contributed by atoms with Gasteiger partial charge in [-0.15, -0.1) is 0 Å². The maximum Gasteiger partial charge on any atom is 0.254 e. The number of benzene rings is 1. The molecule has 0 bridgehead atoms. The number of halogens is 1. The second kappa shape index (κ2) is 6.48. The van der Waals surface area contributed by atoms with Gasteiger partial charge in [0.15, 0.2) is 0 Å². The second-order valence-corrected chi connectivity index (χ2v) is 4.81. The molecule has 0 aromatic heterocycles. The van der Waals surface area contributed by atoms with Crippen LogP contribution in [0.3, 0.4) is 0 Å². The van der Waals surface area contributed by atoms with E-state index in [1.165, 1.54) is 11.6 Å². The van der Waals surface area contributed by atoms with Gasteiger partial charge in [0.2, 0.25) is 0 Å². The molecule has 102 valence electrons. The Bertz CT molecular complexity index is 497. The van der Waals surface area contributed by atoms with Crippen LogP contribution in [-0.2, 0) is 0 Å². The lowest BCUT2D eigenvalue weighted by Crippen LogP contribution is -2.27. The van der Waals surface area contributed by atoms with Crippen molar-refractivity contribution in [2.24, 2.45) is 0 Å². The number of hydrogen-bond acceptors (Lipinski definition) is 2.